The topological polar surface area (TPSA) is 88.9 Å². The molecule has 0 bridgehead atoms. The summed E-state index contributed by atoms with van der Waals surface area (Å²) in [7, 11) is 0. The first-order valence-corrected chi connectivity index (χ1v) is 10.9. The number of rotatable bonds is 7. The number of thioether (sulfide) groups is 1. The number of benzene rings is 3. The predicted octanol–water partition coefficient (Wildman–Crippen LogP) is 4.62. The minimum atomic E-state index is -0.144. The molecule has 0 radical (unpaired) electrons. The summed E-state index contributed by atoms with van der Waals surface area (Å²) in [6.45, 7) is 1.46. The van der Waals surface area contributed by atoms with Crippen LogP contribution in [-0.4, -0.2) is 32.3 Å². The number of anilines is 2. The van der Waals surface area contributed by atoms with E-state index < -0.39 is 0 Å². The summed E-state index contributed by atoms with van der Waals surface area (Å²) >= 11 is 1.29. The van der Waals surface area contributed by atoms with Crippen molar-refractivity contribution in [2.24, 2.45) is 0 Å². The van der Waals surface area contributed by atoms with Crippen molar-refractivity contribution in [1.82, 2.24) is 14.8 Å². The lowest BCUT2D eigenvalue weighted by Gasteiger charge is -2.09. The Morgan fingerprint density at radius 2 is 1.62 bits per heavy atom. The molecule has 4 rings (SSSR count). The van der Waals surface area contributed by atoms with Gasteiger partial charge < -0.3 is 10.6 Å². The molecular weight excluding hydrogens is 422 g/mol. The molecule has 1 heterocycles. The van der Waals surface area contributed by atoms with Crippen LogP contribution in [0.15, 0.2) is 90.3 Å². The summed E-state index contributed by atoms with van der Waals surface area (Å²) in [5.74, 6) is -0.0946. The first kappa shape index (κ1) is 21.3. The molecule has 3 aromatic carbocycles. The van der Waals surface area contributed by atoms with Gasteiger partial charge in [0.1, 0.15) is 6.33 Å². The fourth-order valence-electron chi connectivity index (χ4n) is 3.14. The smallest absolute Gasteiger partial charge is 0.234 e. The number of hydrogen-bond donors (Lipinski definition) is 2. The first-order chi connectivity index (χ1) is 15.6. The Kier molecular flexibility index (Phi) is 6.62. The highest BCUT2D eigenvalue weighted by molar-refractivity contribution is 7.99. The fraction of sp³-hybridized carbons (Fsp3) is 0.0833. The Bertz CT molecular complexity index is 1220. The molecule has 2 N–H and O–H groups in total. The Hall–Kier alpha value is -3.91. The average Bonchev–Trinajstić information content (AvgIpc) is 3.27. The highest BCUT2D eigenvalue weighted by Gasteiger charge is 2.11. The molecule has 0 saturated carbocycles. The van der Waals surface area contributed by atoms with Crippen LogP contribution < -0.4 is 10.6 Å². The lowest BCUT2D eigenvalue weighted by molar-refractivity contribution is -0.114. The van der Waals surface area contributed by atoms with E-state index in [9.17, 15) is 9.59 Å². The van der Waals surface area contributed by atoms with E-state index in [-0.39, 0.29) is 17.6 Å². The van der Waals surface area contributed by atoms with Gasteiger partial charge in [0.25, 0.3) is 0 Å². The van der Waals surface area contributed by atoms with Crippen LogP contribution in [-0.2, 0) is 9.59 Å². The minimum absolute atomic E-state index is 0.135. The molecule has 0 fully saturated rings. The zero-order chi connectivity index (χ0) is 22.3. The summed E-state index contributed by atoms with van der Waals surface area (Å²) in [4.78, 5) is 23.8. The van der Waals surface area contributed by atoms with Gasteiger partial charge in [-0.15, -0.1) is 10.2 Å². The van der Waals surface area contributed by atoms with E-state index in [1.165, 1.54) is 18.7 Å². The van der Waals surface area contributed by atoms with E-state index in [4.69, 9.17) is 0 Å². The molecule has 4 aromatic rings. The molecule has 160 valence electrons. The summed E-state index contributed by atoms with van der Waals surface area (Å²) < 4.78 is 1.78. The average molecular weight is 444 g/mol. The Balaban J connectivity index is 1.37. The number of amides is 2. The second-order valence-corrected chi connectivity index (χ2v) is 7.94. The number of carbonyl (C=O) groups excluding carboxylic acids is 2. The largest absolute Gasteiger partial charge is 0.326 e. The molecule has 0 spiro atoms. The van der Waals surface area contributed by atoms with Crippen LogP contribution in [0.25, 0.3) is 16.8 Å². The molecule has 0 aliphatic rings. The molecule has 2 amide bonds. The van der Waals surface area contributed by atoms with Gasteiger partial charge in [-0.2, -0.15) is 0 Å². The van der Waals surface area contributed by atoms with Crippen molar-refractivity contribution in [3.63, 3.8) is 0 Å². The summed E-state index contributed by atoms with van der Waals surface area (Å²) in [5, 5.41) is 14.3. The quantitative estimate of drug-likeness (QED) is 0.407. The summed E-state index contributed by atoms with van der Waals surface area (Å²) in [6, 6.07) is 25.2. The van der Waals surface area contributed by atoms with Gasteiger partial charge >= 0.3 is 0 Å². The van der Waals surface area contributed by atoms with Gasteiger partial charge in [0.15, 0.2) is 5.16 Å². The second-order valence-electron chi connectivity index (χ2n) is 7.00. The van der Waals surface area contributed by atoms with E-state index in [0.717, 1.165) is 22.5 Å². The second kappa shape index (κ2) is 9.93. The van der Waals surface area contributed by atoms with Crippen molar-refractivity contribution in [2.75, 3.05) is 16.4 Å². The van der Waals surface area contributed by atoms with Gasteiger partial charge in [-0.1, -0.05) is 60.3 Å². The highest BCUT2D eigenvalue weighted by atomic mass is 32.2. The van der Waals surface area contributed by atoms with Crippen molar-refractivity contribution in [3.05, 3.63) is 85.2 Å². The molecule has 0 saturated heterocycles. The van der Waals surface area contributed by atoms with Gasteiger partial charge in [0.2, 0.25) is 11.8 Å². The molecule has 0 aliphatic carbocycles. The predicted molar refractivity (Wildman–Crippen MR) is 127 cm³/mol. The van der Waals surface area contributed by atoms with E-state index in [2.05, 4.69) is 20.8 Å². The molecule has 1 aromatic heterocycles. The van der Waals surface area contributed by atoms with Crippen molar-refractivity contribution < 1.29 is 9.59 Å². The minimum Gasteiger partial charge on any atom is -0.326 e. The van der Waals surface area contributed by atoms with Gasteiger partial charge in [-0.05, 0) is 41.5 Å². The monoisotopic (exact) mass is 443 g/mol. The van der Waals surface area contributed by atoms with Crippen molar-refractivity contribution >= 4 is 35.0 Å². The van der Waals surface area contributed by atoms with Crippen molar-refractivity contribution in [3.8, 4) is 16.8 Å². The van der Waals surface area contributed by atoms with Gasteiger partial charge in [-0.3, -0.25) is 14.2 Å². The van der Waals surface area contributed by atoms with Crippen LogP contribution >= 0.6 is 11.8 Å². The molecule has 7 nitrogen and oxygen atoms in total. The Morgan fingerprint density at radius 3 is 2.38 bits per heavy atom. The SMILES string of the molecule is CC(=O)Nc1cccc(-n2cnnc2SCC(=O)Nc2ccc(-c3ccccc3)cc2)c1. The number of nitrogens with zero attached hydrogens (tertiary/aromatic N) is 3. The standard InChI is InChI=1S/C24H21N5O2S/c1-17(30)26-21-8-5-9-22(14-21)29-16-25-28-24(29)32-15-23(31)27-20-12-10-19(11-13-20)18-6-3-2-4-7-18/h2-14,16H,15H2,1H3,(H,26,30)(H,27,31). The molecule has 32 heavy (non-hydrogen) atoms. The first-order valence-electron chi connectivity index (χ1n) is 9.95. The normalized spacial score (nSPS) is 10.5. The highest BCUT2D eigenvalue weighted by Crippen LogP contribution is 2.23. The third-order valence-electron chi connectivity index (χ3n) is 4.57. The van der Waals surface area contributed by atoms with Crippen LogP contribution in [0, 0.1) is 0 Å². The number of aromatic nitrogens is 3. The molecule has 0 atom stereocenters. The van der Waals surface area contributed by atoms with Crippen LogP contribution in [0.5, 0.6) is 0 Å². The maximum absolute atomic E-state index is 12.4. The maximum Gasteiger partial charge on any atom is 0.234 e. The zero-order valence-corrected chi connectivity index (χ0v) is 18.2. The third kappa shape index (κ3) is 5.41. The van der Waals surface area contributed by atoms with E-state index >= 15 is 0 Å². The van der Waals surface area contributed by atoms with Gasteiger partial charge in [0, 0.05) is 18.3 Å². The fourth-order valence-corrected chi connectivity index (χ4v) is 3.87. The molecule has 0 aliphatic heterocycles. The van der Waals surface area contributed by atoms with E-state index in [1.807, 2.05) is 72.8 Å². The zero-order valence-electron chi connectivity index (χ0n) is 17.4. The van der Waals surface area contributed by atoms with Crippen LogP contribution in [0.3, 0.4) is 0 Å². The maximum atomic E-state index is 12.4. The number of nitrogens with one attached hydrogen (secondary N) is 2. The number of hydrogen-bond acceptors (Lipinski definition) is 5. The molecular formula is C24H21N5O2S. The number of carbonyl (C=O) groups is 2. The van der Waals surface area contributed by atoms with Gasteiger partial charge in [-0.25, -0.2) is 0 Å². The van der Waals surface area contributed by atoms with Gasteiger partial charge in [0.05, 0.1) is 11.4 Å². The van der Waals surface area contributed by atoms with E-state index in [0.29, 0.717) is 10.8 Å². The Morgan fingerprint density at radius 1 is 0.875 bits per heavy atom. The van der Waals surface area contributed by atoms with Crippen LogP contribution in [0.2, 0.25) is 0 Å². The van der Waals surface area contributed by atoms with Crippen molar-refractivity contribution in [1.29, 1.82) is 0 Å². The summed E-state index contributed by atoms with van der Waals surface area (Å²) in [5.41, 5.74) is 4.42. The third-order valence-corrected chi connectivity index (χ3v) is 5.51. The van der Waals surface area contributed by atoms with Crippen molar-refractivity contribution in [2.45, 2.75) is 12.1 Å². The lowest BCUT2D eigenvalue weighted by Crippen LogP contribution is -2.14. The molecule has 0 unspecified atom stereocenters. The summed E-state index contributed by atoms with van der Waals surface area (Å²) in [6.07, 6.45) is 1.58. The van der Waals surface area contributed by atoms with Crippen LogP contribution in [0.1, 0.15) is 6.92 Å². The lowest BCUT2D eigenvalue weighted by atomic mass is 10.1. The Labute approximate surface area is 189 Å². The molecule has 8 heteroatoms. The van der Waals surface area contributed by atoms with E-state index in [1.54, 1.807) is 17.0 Å². The van der Waals surface area contributed by atoms with Crippen LogP contribution in [0.4, 0.5) is 11.4 Å².